The van der Waals surface area contributed by atoms with Crippen LogP contribution in [0.4, 0.5) is 5.69 Å². The molecular formula is C22H21N3O3. The second-order valence-electron chi connectivity index (χ2n) is 6.84. The first-order valence-electron chi connectivity index (χ1n) is 9.15. The number of nitrogens with zero attached hydrogens (tertiary/aromatic N) is 2. The van der Waals surface area contributed by atoms with Gasteiger partial charge < -0.3 is 15.0 Å². The minimum absolute atomic E-state index is 0.149. The van der Waals surface area contributed by atoms with E-state index >= 15 is 0 Å². The fourth-order valence-electron chi connectivity index (χ4n) is 3.51. The third-order valence-electron chi connectivity index (χ3n) is 5.08. The van der Waals surface area contributed by atoms with Crippen molar-refractivity contribution < 1.29 is 14.3 Å². The maximum atomic E-state index is 12.9. The number of likely N-dealkylation sites (N-methyl/N-ethyl adjacent to an activating group) is 1. The molecule has 6 nitrogen and oxygen atoms in total. The molecule has 1 unspecified atom stereocenters. The minimum Gasteiger partial charge on any atom is -0.497 e. The van der Waals surface area contributed by atoms with E-state index in [1.54, 1.807) is 32.4 Å². The molecule has 1 atom stereocenters. The van der Waals surface area contributed by atoms with Crippen LogP contribution in [0.15, 0.2) is 53.5 Å². The molecule has 2 aromatic carbocycles. The number of aliphatic imine (C=N–C) groups is 1. The van der Waals surface area contributed by atoms with Crippen molar-refractivity contribution in [2.75, 3.05) is 19.1 Å². The van der Waals surface area contributed by atoms with Gasteiger partial charge in [-0.2, -0.15) is 0 Å². The fourth-order valence-corrected chi connectivity index (χ4v) is 3.51. The number of hydrogen-bond donors (Lipinski definition) is 1. The summed E-state index contributed by atoms with van der Waals surface area (Å²) in [6, 6.07) is 12.4. The highest BCUT2D eigenvalue weighted by atomic mass is 16.5. The summed E-state index contributed by atoms with van der Waals surface area (Å²) >= 11 is 0. The normalized spacial score (nSPS) is 18.4. The number of hydrogen-bond acceptors (Lipinski definition) is 4. The van der Waals surface area contributed by atoms with Crippen molar-refractivity contribution >= 4 is 29.4 Å². The van der Waals surface area contributed by atoms with Crippen LogP contribution in [0.2, 0.25) is 0 Å². The summed E-state index contributed by atoms with van der Waals surface area (Å²) in [4.78, 5) is 31.5. The van der Waals surface area contributed by atoms with E-state index in [1.165, 1.54) is 4.90 Å². The third kappa shape index (κ3) is 3.29. The van der Waals surface area contributed by atoms with Gasteiger partial charge in [0.15, 0.2) is 0 Å². The molecular weight excluding hydrogens is 354 g/mol. The third-order valence-corrected chi connectivity index (χ3v) is 5.08. The Labute approximate surface area is 163 Å². The van der Waals surface area contributed by atoms with Crippen LogP contribution >= 0.6 is 0 Å². The Balaban J connectivity index is 1.56. The zero-order valence-corrected chi connectivity index (χ0v) is 15.8. The smallest absolute Gasteiger partial charge is 0.254 e. The second-order valence-corrected chi connectivity index (χ2v) is 6.84. The van der Waals surface area contributed by atoms with E-state index in [1.807, 2.05) is 30.5 Å². The highest BCUT2D eigenvalue weighted by Crippen LogP contribution is 2.28. The molecule has 0 fully saturated rings. The van der Waals surface area contributed by atoms with Gasteiger partial charge in [0.25, 0.3) is 5.91 Å². The Morgan fingerprint density at radius 3 is 2.64 bits per heavy atom. The number of carbonyl (C=O) groups excluding carboxylic acids is 2. The molecule has 142 valence electrons. The van der Waals surface area contributed by atoms with Crippen molar-refractivity contribution in [3.05, 3.63) is 65.2 Å². The van der Waals surface area contributed by atoms with E-state index in [0.717, 1.165) is 23.2 Å². The number of ether oxygens (including phenoxy) is 1. The van der Waals surface area contributed by atoms with Crippen molar-refractivity contribution in [2.24, 2.45) is 4.99 Å². The number of anilines is 1. The summed E-state index contributed by atoms with van der Waals surface area (Å²) in [5.74, 6) is 0.149. The summed E-state index contributed by atoms with van der Waals surface area (Å²) in [6.07, 6.45) is 5.23. The van der Waals surface area contributed by atoms with Gasteiger partial charge >= 0.3 is 0 Å². The SMILES string of the molecule is COc1ccc2c(c1)C(=O)NC(Cc1ccc(C3=CCC=N3)cc1)C(=O)N2C. The Bertz CT molecular complexity index is 993. The van der Waals surface area contributed by atoms with E-state index in [9.17, 15) is 9.59 Å². The summed E-state index contributed by atoms with van der Waals surface area (Å²) < 4.78 is 5.21. The predicted molar refractivity (Wildman–Crippen MR) is 109 cm³/mol. The molecule has 1 N–H and O–H groups in total. The minimum atomic E-state index is -0.634. The number of methoxy groups -OCH3 is 1. The van der Waals surface area contributed by atoms with Crippen LogP contribution < -0.4 is 15.0 Å². The van der Waals surface area contributed by atoms with E-state index < -0.39 is 6.04 Å². The average Bonchev–Trinajstić information content (AvgIpc) is 3.24. The predicted octanol–water partition coefficient (Wildman–Crippen LogP) is 2.83. The van der Waals surface area contributed by atoms with Crippen LogP contribution in [0.3, 0.4) is 0 Å². The number of benzene rings is 2. The zero-order valence-electron chi connectivity index (χ0n) is 15.8. The molecule has 28 heavy (non-hydrogen) atoms. The Morgan fingerprint density at radius 2 is 1.96 bits per heavy atom. The molecule has 2 aliphatic rings. The molecule has 0 saturated heterocycles. The van der Waals surface area contributed by atoms with Gasteiger partial charge in [-0.25, -0.2) is 0 Å². The van der Waals surface area contributed by atoms with Crippen molar-refractivity contribution in [3.8, 4) is 5.75 Å². The van der Waals surface area contributed by atoms with Crippen molar-refractivity contribution in [2.45, 2.75) is 18.9 Å². The Hall–Kier alpha value is -3.41. The summed E-state index contributed by atoms with van der Waals surface area (Å²) in [6.45, 7) is 0. The fraction of sp³-hybridized carbons (Fsp3) is 0.227. The molecule has 0 spiro atoms. The van der Waals surface area contributed by atoms with Crippen LogP contribution in [0.1, 0.15) is 27.9 Å². The monoisotopic (exact) mass is 375 g/mol. The van der Waals surface area contributed by atoms with Crippen LogP contribution in [0, 0.1) is 0 Å². The van der Waals surface area contributed by atoms with Gasteiger partial charge in [-0.1, -0.05) is 30.3 Å². The molecule has 2 aliphatic heterocycles. The number of nitrogens with one attached hydrogen (secondary N) is 1. The first-order chi connectivity index (χ1) is 13.6. The topological polar surface area (TPSA) is 71.0 Å². The van der Waals surface area contributed by atoms with Crippen molar-refractivity contribution in [1.29, 1.82) is 0 Å². The first kappa shape index (κ1) is 18.0. The molecule has 0 bridgehead atoms. The molecule has 0 radical (unpaired) electrons. The molecule has 0 aromatic heterocycles. The lowest BCUT2D eigenvalue weighted by Crippen LogP contribution is -2.45. The molecule has 6 heteroatoms. The molecule has 2 amide bonds. The maximum Gasteiger partial charge on any atom is 0.254 e. The molecule has 0 aliphatic carbocycles. The van der Waals surface area contributed by atoms with Gasteiger partial charge in [-0.05, 0) is 29.3 Å². The van der Waals surface area contributed by atoms with E-state index in [-0.39, 0.29) is 11.8 Å². The van der Waals surface area contributed by atoms with Gasteiger partial charge in [0.1, 0.15) is 11.8 Å². The molecule has 0 saturated carbocycles. The number of fused-ring (bicyclic) bond motifs is 1. The molecule has 2 aromatic rings. The molecule has 2 heterocycles. The first-order valence-corrected chi connectivity index (χ1v) is 9.15. The largest absolute Gasteiger partial charge is 0.497 e. The standard InChI is InChI=1S/C22H21N3O3/c1-25-20-10-9-16(28-2)13-17(20)21(26)24-19(22(25)27)12-14-5-7-15(8-6-14)18-4-3-11-23-18/h4-11,13,19H,3,12H2,1-2H3,(H,24,26). The quantitative estimate of drug-likeness (QED) is 0.893. The Kier molecular flexibility index (Phi) is 4.69. The van der Waals surface area contributed by atoms with Crippen molar-refractivity contribution in [1.82, 2.24) is 5.32 Å². The zero-order chi connectivity index (χ0) is 19.7. The van der Waals surface area contributed by atoms with Gasteiger partial charge in [0.05, 0.1) is 24.1 Å². The van der Waals surface area contributed by atoms with Crippen LogP contribution in [-0.4, -0.2) is 38.2 Å². The Morgan fingerprint density at radius 1 is 1.18 bits per heavy atom. The van der Waals surface area contributed by atoms with E-state index in [4.69, 9.17) is 4.74 Å². The van der Waals surface area contributed by atoms with E-state index in [2.05, 4.69) is 16.4 Å². The van der Waals surface area contributed by atoms with E-state index in [0.29, 0.717) is 23.4 Å². The molecule has 4 rings (SSSR count). The van der Waals surface area contributed by atoms with Crippen LogP contribution in [0.5, 0.6) is 5.75 Å². The average molecular weight is 375 g/mol. The van der Waals surface area contributed by atoms with Gasteiger partial charge in [-0.3, -0.25) is 14.6 Å². The second kappa shape index (κ2) is 7.31. The summed E-state index contributed by atoms with van der Waals surface area (Å²) in [5, 5.41) is 2.86. The van der Waals surface area contributed by atoms with Gasteiger partial charge in [-0.15, -0.1) is 0 Å². The lowest BCUT2D eigenvalue weighted by atomic mass is 10.0. The van der Waals surface area contributed by atoms with Crippen LogP contribution in [-0.2, 0) is 11.2 Å². The number of amides is 2. The van der Waals surface area contributed by atoms with Crippen LogP contribution in [0.25, 0.3) is 5.70 Å². The summed E-state index contributed by atoms with van der Waals surface area (Å²) in [7, 11) is 3.24. The lowest BCUT2D eigenvalue weighted by Gasteiger charge is -2.21. The van der Waals surface area contributed by atoms with Gasteiger partial charge in [0.2, 0.25) is 5.91 Å². The highest BCUT2D eigenvalue weighted by molar-refractivity contribution is 6.11. The highest BCUT2D eigenvalue weighted by Gasteiger charge is 2.32. The number of allylic oxidation sites excluding steroid dienone is 1. The number of rotatable bonds is 4. The van der Waals surface area contributed by atoms with Crippen molar-refractivity contribution in [3.63, 3.8) is 0 Å². The maximum absolute atomic E-state index is 12.9. The number of carbonyl (C=O) groups is 2. The summed E-state index contributed by atoms with van der Waals surface area (Å²) in [5.41, 5.74) is 3.99. The van der Waals surface area contributed by atoms with Gasteiger partial charge in [0, 0.05) is 26.1 Å². The lowest BCUT2D eigenvalue weighted by molar-refractivity contribution is -0.120.